The summed E-state index contributed by atoms with van der Waals surface area (Å²) in [5, 5.41) is 18.3. The highest BCUT2D eigenvalue weighted by Crippen LogP contribution is 2.43. The third-order valence-electron chi connectivity index (χ3n) is 11.3. The number of aliphatic hydroxyl groups excluding tert-OH is 1. The molecule has 0 spiro atoms. The van der Waals surface area contributed by atoms with Gasteiger partial charge in [0.15, 0.2) is 14.6 Å². The second-order valence-electron chi connectivity index (χ2n) is 17.1. The van der Waals surface area contributed by atoms with Gasteiger partial charge < -0.3 is 32.9 Å². The first-order valence-electron chi connectivity index (χ1n) is 19.3. The molecule has 10 nitrogen and oxygen atoms in total. The van der Waals surface area contributed by atoms with Crippen LogP contribution in [0.3, 0.4) is 0 Å². The third-order valence-corrected chi connectivity index (χ3v) is 20.8. The number of aliphatic hydroxyl groups is 1. The van der Waals surface area contributed by atoms with Gasteiger partial charge in [0.25, 0.3) is 8.32 Å². The molecule has 5 atom stereocenters. The number of methoxy groups -OCH3 is 1. The van der Waals surface area contributed by atoms with Crippen LogP contribution in [0, 0.1) is 0 Å². The number of hydrogen-bond acceptors (Lipinski definition) is 8. The molecule has 300 valence electrons. The summed E-state index contributed by atoms with van der Waals surface area (Å²) in [6, 6.07) is 37.8. The zero-order chi connectivity index (χ0) is 40.6. The van der Waals surface area contributed by atoms with E-state index in [0.29, 0.717) is 0 Å². The Morgan fingerprint density at radius 1 is 0.732 bits per heavy atom. The van der Waals surface area contributed by atoms with E-state index < -0.39 is 51.8 Å². The molecule has 1 aliphatic rings. The van der Waals surface area contributed by atoms with Crippen LogP contribution >= 0.6 is 0 Å². The van der Waals surface area contributed by atoms with Crippen LogP contribution in [0.1, 0.15) is 52.7 Å². The van der Waals surface area contributed by atoms with Crippen molar-refractivity contribution in [2.24, 2.45) is 5.11 Å². The van der Waals surface area contributed by atoms with Gasteiger partial charge >= 0.3 is 0 Å². The van der Waals surface area contributed by atoms with Crippen molar-refractivity contribution in [3.8, 4) is 5.75 Å². The molecule has 5 rings (SSSR count). The van der Waals surface area contributed by atoms with E-state index in [0.717, 1.165) is 27.2 Å². The lowest BCUT2D eigenvalue weighted by molar-refractivity contribution is -0.300. The first-order valence-corrected chi connectivity index (χ1v) is 24.1. The molecule has 1 N–H and O–H groups in total. The molecule has 0 saturated carbocycles. The monoisotopic (exact) mass is 797 g/mol. The molecule has 0 radical (unpaired) electrons. The zero-order valence-corrected chi connectivity index (χ0v) is 36.3. The topological polar surface area (TPSA) is 124 Å². The van der Waals surface area contributed by atoms with E-state index in [1.54, 1.807) is 7.11 Å². The van der Waals surface area contributed by atoms with Crippen molar-refractivity contribution >= 4 is 27.0 Å². The quantitative estimate of drug-likeness (QED) is 0.0522. The van der Waals surface area contributed by atoms with Gasteiger partial charge in [0, 0.05) is 4.91 Å². The molecule has 0 aromatic heterocycles. The van der Waals surface area contributed by atoms with E-state index in [-0.39, 0.29) is 31.5 Å². The van der Waals surface area contributed by atoms with Crippen LogP contribution in [0.15, 0.2) is 120 Å². The molecule has 0 aliphatic carbocycles. The highest BCUT2D eigenvalue weighted by molar-refractivity contribution is 6.99. The van der Waals surface area contributed by atoms with Crippen LogP contribution in [-0.2, 0) is 36.3 Å². The van der Waals surface area contributed by atoms with Gasteiger partial charge in [0.05, 0.1) is 33.5 Å². The minimum absolute atomic E-state index is 0.0819. The zero-order valence-electron chi connectivity index (χ0n) is 34.3. The van der Waals surface area contributed by atoms with Crippen LogP contribution in [0.2, 0.25) is 23.2 Å². The Balaban J connectivity index is 1.64. The van der Waals surface area contributed by atoms with Gasteiger partial charge in [0.2, 0.25) is 0 Å². The predicted octanol–water partition coefficient (Wildman–Crippen LogP) is 8.53. The van der Waals surface area contributed by atoms with Crippen molar-refractivity contribution in [3.63, 3.8) is 0 Å². The Morgan fingerprint density at radius 3 is 1.75 bits per heavy atom. The maximum Gasteiger partial charge on any atom is 0.261 e. The summed E-state index contributed by atoms with van der Waals surface area (Å²) >= 11 is 0. The van der Waals surface area contributed by atoms with E-state index in [4.69, 9.17) is 27.8 Å². The van der Waals surface area contributed by atoms with Gasteiger partial charge in [-0.05, 0) is 62.3 Å². The summed E-state index contributed by atoms with van der Waals surface area (Å²) in [6.45, 7) is 17.6. The van der Waals surface area contributed by atoms with E-state index in [2.05, 4.69) is 88.9 Å². The Bertz CT molecular complexity index is 1830. The molecule has 0 amide bonds. The molecular formula is C44H59N3O7Si2. The molecule has 4 aromatic rings. The summed E-state index contributed by atoms with van der Waals surface area (Å²) in [7, 11) is -3.88. The molecule has 4 aromatic carbocycles. The smallest absolute Gasteiger partial charge is 0.261 e. The van der Waals surface area contributed by atoms with E-state index >= 15 is 0 Å². The maximum atomic E-state index is 12.3. The molecule has 1 fully saturated rings. The predicted molar refractivity (Wildman–Crippen MR) is 226 cm³/mol. The van der Waals surface area contributed by atoms with Crippen LogP contribution in [-0.4, -0.2) is 72.2 Å². The summed E-state index contributed by atoms with van der Waals surface area (Å²) in [5.74, 6) is 0.727. The second-order valence-corrected chi connectivity index (χ2v) is 26.2. The number of benzene rings is 4. The Labute approximate surface area is 335 Å². The fourth-order valence-electron chi connectivity index (χ4n) is 7.09. The SMILES string of the molecule is COc1ccc(CO[C@@H]2[C@@H](CO[Si](C)(C)C(C)(C)C)OC(O)[C@@](CO[Si](c3ccccc3)(c3ccccc3)C(C)(C)C)(N=[N+]=[N-])[C@H]2OCc2ccccc2)cc1. The largest absolute Gasteiger partial charge is 0.497 e. The minimum Gasteiger partial charge on any atom is -0.497 e. The van der Waals surface area contributed by atoms with Crippen molar-refractivity contribution in [3.05, 3.63) is 137 Å². The van der Waals surface area contributed by atoms with Gasteiger partial charge in [-0.3, -0.25) is 0 Å². The van der Waals surface area contributed by atoms with E-state index in [1.807, 2.05) is 91.0 Å². The minimum atomic E-state index is -3.21. The van der Waals surface area contributed by atoms with Crippen molar-refractivity contribution in [2.75, 3.05) is 20.3 Å². The maximum absolute atomic E-state index is 12.3. The lowest BCUT2D eigenvalue weighted by Crippen LogP contribution is -2.72. The number of hydrogen-bond donors (Lipinski definition) is 1. The van der Waals surface area contributed by atoms with Crippen LogP contribution in [0.4, 0.5) is 0 Å². The van der Waals surface area contributed by atoms with Crippen molar-refractivity contribution in [1.82, 2.24) is 0 Å². The highest BCUT2D eigenvalue weighted by Gasteiger charge is 2.60. The Kier molecular flexibility index (Phi) is 14.1. The molecule has 1 saturated heterocycles. The van der Waals surface area contributed by atoms with Gasteiger partial charge in [-0.2, -0.15) is 0 Å². The first kappa shape index (κ1) is 43.3. The van der Waals surface area contributed by atoms with Gasteiger partial charge in [-0.1, -0.05) is 150 Å². The van der Waals surface area contributed by atoms with Crippen molar-refractivity contribution < 1.29 is 32.9 Å². The fraction of sp³-hybridized carbons (Fsp3) is 0.455. The molecule has 12 heteroatoms. The molecule has 1 heterocycles. The normalized spacial score (nSPS) is 22.0. The molecule has 1 aliphatic heterocycles. The standard InChI is InChI=1S/C44H59N3O7Si2/c1-42(2,3)55(8,9)52-31-38-39(50-29-34-25-27-35(49-7)28-26-34)40(51-30-33-19-13-10-14-20-33)44(46-47-45,41(48)54-38)32-53-56(43(4,5)6,36-21-15-11-16-22-36)37-23-17-12-18-24-37/h10-28,38-41,48H,29-32H2,1-9H3/t38-,39-,40+,41?,44+/m1/s1. The summed E-state index contributed by atoms with van der Waals surface area (Å²) in [6.07, 6.45) is -4.31. The van der Waals surface area contributed by atoms with Gasteiger partial charge in [-0.25, -0.2) is 0 Å². The lowest BCUT2D eigenvalue weighted by atomic mass is 9.84. The van der Waals surface area contributed by atoms with Crippen LogP contribution in [0.5, 0.6) is 5.75 Å². The van der Waals surface area contributed by atoms with Crippen molar-refractivity contribution in [2.45, 2.75) is 108 Å². The van der Waals surface area contributed by atoms with Gasteiger partial charge in [-0.15, -0.1) is 0 Å². The average molecular weight is 798 g/mol. The van der Waals surface area contributed by atoms with E-state index in [9.17, 15) is 10.6 Å². The summed E-state index contributed by atoms with van der Waals surface area (Å²) in [5.41, 5.74) is 10.4. The average Bonchev–Trinajstić information content (AvgIpc) is 3.18. The number of azide groups is 1. The van der Waals surface area contributed by atoms with Crippen LogP contribution in [0.25, 0.3) is 10.4 Å². The molecule has 56 heavy (non-hydrogen) atoms. The third kappa shape index (κ3) is 9.48. The Morgan fingerprint density at radius 2 is 1.25 bits per heavy atom. The molecule has 0 bridgehead atoms. The van der Waals surface area contributed by atoms with Crippen LogP contribution < -0.4 is 15.1 Å². The Hall–Kier alpha value is -3.82. The second kappa shape index (κ2) is 18.2. The number of nitrogens with zero attached hydrogens (tertiary/aromatic N) is 3. The summed E-state index contributed by atoms with van der Waals surface area (Å²) < 4.78 is 39.8. The van der Waals surface area contributed by atoms with Gasteiger partial charge in [0.1, 0.15) is 29.6 Å². The summed E-state index contributed by atoms with van der Waals surface area (Å²) in [4.78, 5) is 3.36. The number of ether oxygens (including phenoxy) is 4. The highest BCUT2D eigenvalue weighted by atomic mass is 28.4. The lowest BCUT2D eigenvalue weighted by Gasteiger charge is -2.52. The molecular weight excluding hydrogens is 739 g/mol. The molecule has 1 unspecified atom stereocenters. The number of rotatable bonds is 16. The fourth-order valence-corrected chi connectivity index (χ4v) is 12.7. The first-order chi connectivity index (χ1) is 26.6. The van der Waals surface area contributed by atoms with E-state index in [1.165, 1.54) is 0 Å². The van der Waals surface area contributed by atoms with Crippen molar-refractivity contribution in [1.29, 1.82) is 0 Å².